The standard InChI is InChI=1S/C21H34N2O5S/c1-15-4-7-17-8-11-19(22-29(3,25)26)20(23(17)21(15)24)14-28-18-9-5-16(6-10-18)12-13-27-2/h4,7,16,18-20,22H,5-6,8-14H2,1-3H3. The average molecular weight is 427 g/mol. The molecule has 3 rings (SSSR count). The third kappa shape index (κ3) is 5.90. The molecule has 2 aliphatic rings. The quantitative estimate of drug-likeness (QED) is 0.688. The van der Waals surface area contributed by atoms with Crippen LogP contribution < -0.4 is 10.3 Å². The van der Waals surface area contributed by atoms with Crippen LogP contribution in [-0.4, -0.2) is 51.7 Å². The van der Waals surface area contributed by atoms with Crippen LogP contribution in [0.15, 0.2) is 16.9 Å². The van der Waals surface area contributed by atoms with Crippen molar-refractivity contribution in [1.82, 2.24) is 9.29 Å². The van der Waals surface area contributed by atoms with E-state index in [1.54, 1.807) is 18.6 Å². The zero-order valence-electron chi connectivity index (χ0n) is 17.7. The molecule has 1 N–H and O–H groups in total. The second-order valence-corrected chi connectivity index (χ2v) is 10.3. The topological polar surface area (TPSA) is 86.6 Å². The lowest BCUT2D eigenvalue weighted by atomic mass is 9.85. The van der Waals surface area contributed by atoms with Crippen LogP contribution in [0, 0.1) is 12.8 Å². The third-order valence-corrected chi connectivity index (χ3v) is 7.02. The highest BCUT2D eigenvalue weighted by atomic mass is 32.2. The first-order valence-corrected chi connectivity index (χ1v) is 12.5. The van der Waals surface area contributed by atoms with Gasteiger partial charge in [-0.2, -0.15) is 0 Å². The van der Waals surface area contributed by atoms with E-state index in [2.05, 4.69) is 4.72 Å². The summed E-state index contributed by atoms with van der Waals surface area (Å²) in [4.78, 5) is 12.8. The molecule has 0 aromatic carbocycles. The Morgan fingerprint density at radius 2 is 1.90 bits per heavy atom. The number of aromatic nitrogens is 1. The van der Waals surface area contributed by atoms with E-state index in [9.17, 15) is 13.2 Å². The number of nitrogens with one attached hydrogen (secondary N) is 1. The molecule has 0 saturated heterocycles. The first-order valence-electron chi connectivity index (χ1n) is 10.6. The fourth-order valence-corrected chi connectivity index (χ4v) is 5.47. The molecule has 1 aliphatic carbocycles. The van der Waals surface area contributed by atoms with E-state index in [1.165, 1.54) is 6.26 Å². The second-order valence-electron chi connectivity index (χ2n) is 8.54. The summed E-state index contributed by atoms with van der Waals surface area (Å²) in [6, 6.07) is 3.15. The van der Waals surface area contributed by atoms with Crippen molar-refractivity contribution < 1.29 is 17.9 Å². The molecule has 1 fully saturated rings. The highest BCUT2D eigenvalue weighted by Crippen LogP contribution is 2.30. The van der Waals surface area contributed by atoms with E-state index in [-0.39, 0.29) is 23.7 Å². The summed E-state index contributed by atoms with van der Waals surface area (Å²) in [5.74, 6) is 0.690. The van der Waals surface area contributed by atoms with E-state index >= 15 is 0 Å². The molecule has 1 aliphatic heterocycles. The summed E-state index contributed by atoms with van der Waals surface area (Å²) in [7, 11) is -1.64. The van der Waals surface area contributed by atoms with Gasteiger partial charge in [-0.15, -0.1) is 0 Å². The van der Waals surface area contributed by atoms with Gasteiger partial charge in [-0.1, -0.05) is 6.07 Å². The van der Waals surface area contributed by atoms with Crippen LogP contribution in [0.2, 0.25) is 0 Å². The van der Waals surface area contributed by atoms with Crippen LogP contribution in [0.3, 0.4) is 0 Å². The van der Waals surface area contributed by atoms with Gasteiger partial charge in [0.15, 0.2) is 0 Å². The molecular formula is C21H34N2O5S. The average Bonchev–Trinajstić information content (AvgIpc) is 2.68. The van der Waals surface area contributed by atoms with E-state index in [4.69, 9.17) is 9.47 Å². The number of fused-ring (bicyclic) bond motifs is 1. The van der Waals surface area contributed by atoms with Crippen molar-refractivity contribution >= 4 is 10.0 Å². The van der Waals surface area contributed by atoms with Gasteiger partial charge in [-0.3, -0.25) is 4.79 Å². The zero-order valence-corrected chi connectivity index (χ0v) is 18.5. The summed E-state index contributed by atoms with van der Waals surface area (Å²) in [6.07, 6.45) is 8.01. The van der Waals surface area contributed by atoms with Crippen molar-refractivity contribution in [2.45, 2.75) is 70.1 Å². The minimum atomic E-state index is -3.37. The van der Waals surface area contributed by atoms with Crippen LogP contribution in [0.1, 0.15) is 55.8 Å². The Kier molecular flexibility index (Phi) is 7.53. The molecule has 7 nitrogen and oxygen atoms in total. The monoisotopic (exact) mass is 426 g/mol. The van der Waals surface area contributed by atoms with Crippen LogP contribution in [0.5, 0.6) is 0 Å². The first-order chi connectivity index (χ1) is 13.8. The van der Waals surface area contributed by atoms with Gasteiger partial charge >= 0.3 is 0 Å². The van der Waals surface area contributed by atoms with Gasteiger partial charge in [0.25, 0.3) is 5.56 Å². The summed E-state index contributed by atoms with van der Waals surface area (Å²) < 4.78 is 39.7. The van der Waals surface area contributed by atoms with E-state index in [1.807, 2.05) is 12.1 Å². The lowest BCUT2D eigenvalue weighted by Gasteiger charge is -2.37. The maximum atomic E-state index is 12.8. The smallest absolute Gasteiger partial charge is 0.254 e. The Hall–Kier alpha value is -1.22. The lowest BCUT2D eigenvalue weighted by molar-refractivity contribution is -0.00897. The Balaban J connectivity index is 1.71. The van der Waals surface area contributed by atoms with Crippen molar-refractivity contribution in [3.05, 3.63) is 33.7 Å². The minimum absolute atomic E-state index is 0.0561. The first kappa shape index (κ1) is 22.5. The molecule has 1 saturated carbocycles. The SMILES string of the molecule is COCCC1CCC(OCC2C(NS(C)(=O)=O)CCc3ccc(C)c(=O)n32)CC1. The Morgan fingerprint density at radius 1 is 1.17 bits per heavy atom. The van der Waals surface area contributed by atoms with Crippen LogP contribution in [-0.2, 0) is 25.9 Å². The van der Waals surface area contributed by atoms with Crippen molar-refractivity contribution in [1.29, 1.82) is 0 Å². The highest BCUT2D eigenvalue weighted by molar-refractivity contribution is 7.88. The fourth-order valence-electron chi connectivity index (χ4n) is 4.65. The van der Waals surface area contributed by atoms with Crippen molar-refractivity contribution in [2.75, 3.05) is 26.6 Å². The number of ether oxygens (including phenoxy) is 2. The Bertz CT molecular complexity index is 843. The highest BCUT2D eigenvalue weighted by Gasteiger charge is 2.33. The molecule has 0 radical (unpaired) electrons. The fraction of sp³-hybridized carbons (Fsp3) is 0.762. The predicted molar refractivity (Wildman–Crippen MR) is 113 cm³/mol. The number of sulfonamides is 1. The maximum absolute atomic E-state index is 12.8. The van der Waals surface area contributed by atoms with Crippen molar-refractivity contribution in [2.24, 2.45) is 5.92 Å². The van der Waals surface area contributed by atoms with Gasteiger partial charge in [0.05, 0.1) is 25.0 Å². The van der Waals surface area contributed by atoms with Gasteiger partial charge in [-0.25, -0.2) is 13.1 Å². The number of hydrogen-bond acceptors (Lipinski definition) is 5. The minimum Gasteiger partial charge on any atom is -0.385 e. The molecule has 1 aromatic heterocycles. The third-order valence-electron chi connectivity index (χ3n) is 6.29. The predicted octanol–water partition coefficient (Wildman–Crippen LogP) is 2.17. The molecule has 0 bridgehead atoms. The van der Waals surface area contributed by atoms with Crippen molar-refractivity contribution in [3.8, 4) is 0 Å². The molecule has 0 spiro atoms. The van der Waals surface area contributed by atoms with Gasteiger partial charge in [0.2, 0.25) is 10.0 Å². The van der Waals surface area contributed by atoms with E-state index in [0.717, 1.165) is 44.4 Å². The van der Waals surface area contributed by atoms with Gasteiger partial charge in [-0.05, 0) is 63.9 Å². The van der Waals surface area contributed by atoms with Crippen molar-refractivity contribution in [3.63, 3.8) is 0 Å². The number of hydrogen-bond donors (Lipinski definition) is 1. The van der Waals surface area contributed by atoms with Gasteiger partial charge < -0.3 is 14.0 Å². The molecule has 1 aromatic rings. The number of rotatable bonds is 8. The van der Waals surface area contributed by atoms with Gasteiger partial charge in [0, 0.05) is 31.0 Å². The van der Waals surface area contributed by atoms with Gasteiger partial charge in [0.1, 0.15) is 0 Å². The number of methoxy groups -OCH3 is 1. The van der Waals surface area contributed by atoms with Crippen LogP contribution >= 0.6 is 0 Å². The maximum Gasteiger partial charge on any atom is 0.254 e. The summed E-state index contributed by atoms with van der Waals surface area (Å²) >= 11 is 0. The van der Waals surface area contributed by atoms with E-state index < -0.39 is 10.0 Å². The summed E-state index contributed by atoms with van der Waals surface area (Å²) in [5, 5.41) is 0. The molecule has 8 heteroatoms. The molecule has 2 heterocycles. The van der Waals surface area contributed by atoms with E-state index in [0.29, 0.717) is 30.9 Å². The second kappa shape index (κ2) is 9.73. The largest absolute Gasteiger partial charge is 0.385 e. The molecular weight excluding hydrogens is 392 g/mol. The number of nitrogens with zero attached hydrogens (tertiary/aromatic N) is 1. The zero-order chi connectivity index (χ0) is 21.0. The van der Waals surface area contributed by atoms with Crippen LogP contribution in [0.25, 0.3) is 0 Å². The number of aryl methyl sites for hydroxylation is 2. The Morgan fingerprint density at radius 3 is 2.55 bits per heavy atom. The molecule has 2 unspecified atom stereocenters. The molecule has 0 amide bonds. The number of pyridine rings is 1. The molecule has 164 valence electrons. The lowest BCUT2D eigenvalue weighted by Crippen LogP contribution is -2.49. The molecule has 2 atom stereocenters. The summed E-state index contributed by atoms with van der Waals surface area (Å²) in [6.45, 7) is 2.94. The Labute approximate surface area is 173 Å². The normalized spacial score (nSPS) is 27.6. The van der Waals surface area contributed by atoms with Crippen LogP contribution in [0.4, 0.5) is 0 Å². The molecule has 29 heavy (non-hydrogen) atoms. The summed E-state index contributed by atoms with van der Waals surface area (Å²) in [5.41, 5.74) is 1.56.